The molecular formula is C23H31ClN5O4+. The van der Waals surface area contributed by atoms with E-state index in [-0.39, 0.29) is 24.8 Å². The minimum atomic E-state index is -0.578. The largest absolute Gasteiger partial charge is 0.364 e. The molecule has 33 heavy (non-hydrogen) atoms. The topological polar surface area (TPSA) is 123 Å². The Hall–Kier alpha value is -2.65. The Morgan fingerprint density at radius 3 is 2.48 bits per heavy atom. The van der Waals surface area contributed by atoms with Gasteiger partial charge in [0.15, 0.2) is 5.54 Å². The van der Waals surface area contributed by atoms with Gasteiger partial charge in [0.05, 0.1) is 24.0 Å². The maximum absolute atomic E-state index is 12.8. The molecule has 2 aliphatic rings. The monoisotopic (exact) mass is 476 g/mol. The predicted octanol–water partition coefficient (Wildman–Crippen LogP) is 0.0387. The van der Waals surface area contributed by atoms with Crippen molar-refractivity contribution in [2.24, 2.45) is 5.73 Å². The lowest BCUT2D eigenvalue weighted by Gasteiger charge is -2.45. The van der Waals surface area contributed by atoms with Gasteiger partial charge in [-0.2, -0.15) is 0 Å². The van der Waals surface area contributed by atoms with Gasteiger partial charge in [0, 0.05) is 43.9 Å². The maximum atomic E-state index is 12.8. The Bertz CT molecular complexity index is 1160. The second-order valence-electron chi connectivity index (χ2n) is 9.17. The summed E-state index contributed by atoms with van der Waals surface area (Å²) in [6, 6.07) is 4.73. The molecule has 4 rings (SSSR count). The molecule has 2 amide bonds. The van der Waals surface area contributed by atoms with Crippen LogP contribution in [0.15, 0.2) is 27.8 Å². The first-order valence-corrected chi connectivity index (χ1v) is 12.0. The number of nitrogens with zero attached hydrogens (tertiary/aromatic N) is 2. The number of amides is 2. The number of primary amides is 1. The van der Waals surface area contributed by atoms with Crippen molar-refractivity contribution in [3.8, 4) is 0 Å². The number of piperidine rings is 2. The number of fused-ring (bicyclic) bond motifs is 1. The van der Waals surface area contributed by atoms with E-state index in [1.54, 1.807) is 23.1 Å². The van der Waals surface area contributed by atoms with Crippen molar-refractivity contribution in [3.05, 3.63) is 44.1 Å². The SMILES string of the molecule is NC(=O)C1([NH+]2CCCCC2)CCN(C(=O)CCCn2c(=O)[nH]c3cc(Cl)ccc3c2=O)CC1. The van der Waals surface area contributed by atoms with Gasteiger partial charge in [-0.25, -0.2) is 4.79 Å². The summed E-state index contributed by atoms with van der Waals surface area (Å²) < 4.78 is 1.12. The van der Waals surface area contributed by atoms with Gasteiger partial charge in [-0.05, 0) is 43.9 Å². The van der Waals surface area contributed by atoms with Crippen molar-refractivity contribution in [2.45, 2.75) is 57.0 Å². The summed E-state index contributed by atoms with van der Waals surface area (Å²) in [5.41, 5.74) is 4.74. The molecule has 0 unspecified atom stereocenters. The number of rotatable bonds is 6. The smallest absolute Gasteiger partial charge is 0.328 e. The van der Waals surface area contributed by atoms with Crippen molar-refractivity contribution in [1.29, 1.82) is 0 Å². The Morgan fingerprint density at radius 2 is 1.82 bits per heavy atom. The van der Waals surface area contributed by atoms with Crippen LogP contribution in [-0.4, -0.2) is 58.0 Å². The summed E-state index contributed by atoms with van der Waals surface area (Å²) in [4.78, 5) is 55.9. The molecule has 0 bridgehead atoms. The Kier molecular flexibility index (Phi) is 6.90. The summed E-state index contributed by atoms with van der Waals surface area (Å²) in [5, 5.41) is 0.814. The van der Waals surface area contributed by atoms with Crippen LogP contribution in [-0.2, 0) is 16.1 Å². The van der Waals surface area contributed by atoms with Crippen molar-refractivity contribution in [1.82, 2.24) is 14.5 Å². The third kappa shape index (κ3) is 4.70. The zero-order valence-electron chi connectivity index (χ0n) is 18.7. The molecule has 2 aromatic rings. The van der Waals surface area contributed by atoms with E-state index >= 15 is 0 Å². The summed E-state index contributed by atoms with van der Waals surface area (Å²) in [7, 11) is 0. The number of benzene rings is 1. The second kappa shape index (κ2) is 9.69. The first-order valence-electron chi connectivity index (χ1n) is 11.7. The summed E-state index contributed by atoms with van der Waals surface area (Å²) in [5.74, 6) is -0.290. The summed E-state index contributed by atoms with van der Waals surface area (Å²) in [6.07, 6.45) is 5.16. The van der Waals surface area contributed by atoms with E-state index in [1.165, 1.54) is 11.3 Å². The van der Waals surface area contributed by atoms with E-state index < -0.39 is 16.8 Å². The number of aromatic nitrogens is 2. The van der Waals surface area contributed by atoms with Crippen LogP contribution in [0.2, 0.25) is 5.02 Å². The molecular weight excluding hydrogens is 446 g/mol. The van der Waals surface area contributed by atoms with Crippen LogP contribution in [0.4, 0.5) is 0 Å². The van der Waals surface area contributed by atoms with Crippen molar-refractivity contribution >= 4 is 34.3 Å². The van der Waals surface area contributed by atoms with Crippen LogP contribution in [0, 0.1) is 0 Å². The summed E-state index contributed by atoms with van der Waals surface area (Å²) >= 11 is 5.93. The lowest BCUT2D eigenvalue weighted by Crippen LogP contribution is -3.22. The number of hydrogen-bond donors (Lipinski definition) is 3. The number of carbonyl (C=O) groups is 2. The van der Waals surface area contributed by atoms with Crippen LogP contribution in [0.25, 0.3) is 10.9 Å². The van der Waals surface area contributed by atoms with Crippen LogP contribution in [0.3, 0.4) is 0 Å². The van der Waals surface area contributed by atoms with Gasteiger partial charge in [0.25, 0.3) is 11.5 Å². The molecule has 2 fully saturated rings. The molecule has 0 saturated carbocycles. The number of nitrogens with one attached hydrogen (secondary N) is 2. The van der Waals surface area contributed by atoms with Gasteiger partial charge in [0.1, 0.15) is 0 Å². The van der Waals surface area contributed by atoms with E-state index in [1.807, 2.05) is 0 Å². The van der Waals surface area contributed by atoms with Gasteiger partial charge in [0.2, 0.25) is 5.91 Å². The molecule has 178 valence electrons. The van der Waals surface area contributed by atoms with Crippen LogP contribution >= 0.6 is 11.6 Å². The Labute approximate surface area is 196 Å². The molecule has 4 N–H and O–H groups in total. The normalized spacial score (nSPS) is 19.0. The molecule has 0 spiro atoms. The quantitative estimate of drug-likeness (QED) is 0.544. The number of nitrogens with two attached hydrogens (primary N) is 1. The standard InChI is InChI=1S/C23H30ClN5O4/c24-16-6-7-17-18(15-16)26-22(33)29(20(17)31)12-4-5-19(30)27-13-8-23(9-14-27,21(25)32)28-10-2-1-3-11-28/h6-7,15H,1-5,8-14H2,(H2,25,32)(H,26,33)/p+1. The highest BCUT2D eigenvalue weighted by Crippen LogP contribution is 2.21. The summed E-state index contributed by atoms with van der Waals surface area (Å²) in [6.45, 7) is 3.07. The fourth-order valence-electron chi connectivity index (χ4n) is 5.35. The number of carbonyl (C=O) groups excluding carboxylic acids is 2. The van der Waals surface area contributed by atoms with Gasteiger partial charge in [-0.1, -0.05) is 11.6 Å². The second-order valence-corrected chi connectivity index (χ2v) is 9.61. The third-order valence-corrected chi connectivity index (χ3v) is 7.53. The van der Waals surface area contributed by atoms with Crippen LogP contribution < -0.4 is 21.9 Å². The predicted molar refractivity (Wildman–Crippen MR) is 125 cm³/mol. The average Bonchev–Trinajstić information content (AvgIpc) is 2.81. The molecule has 2 aliphatic heterocycles. The number of likely N-dealkylation sites (tertiary alicyclic amines) is 2. The molecule has 0 atom stereocenters. The van der Waals surface area contributed by atoms with Gasteiger partial charge >= 0.3 is 5.69 Å². The van der Waals surface area contributed by atoms with E-state index in [0.29, 0.717) is 48.3 Å². The molecule has 2 saturated heterocycles. The number of quaternary nitrogens is 1. The van der Waals surface area contributed by atoms with Crippen LogP contribution in [0.1, 0.15) is 44.9 Å². The van der Waals surface area contributed by atoms with Crippen molar-refractivity contribution < 1.29 is 14.5 Å². The van der Waals surface area contributed by atoms with Gasteiger partial charge in [-0.3, -0.25) is 19.0 Å². The number of H-pyrrole nitrogens is 1. The molecule has 3 heterocycles. The molecule has 1 aromatic heterocycles. The zero-order chi connectivity index (χ0) is 23.6. The lowest BCUT2D eigenvalue weighted by molar-refractivity contribution is -0.948. The van der Waals surface area contributed by atoms with E-state index in [9.17, 15) is 19.2 Å². The first kappa shape index (κ1) is 23.5. The number of aromatic amines is 1. The zero-order valence-corrected chi connectivity index (χ0v) is 19.5. The Balaban J connectivity index is 1.36. The van der Waals surface area contributed by atoms with Crippen molar-refractivity contribution in [3.63, 3.8) is 0 Å². The van der Waals surface area contributed by atoms with E-state index in [4.69, 9.17) is 17.3 Å². The fraction of sp³-hybridized carbons (Fsp3) is 0.565. The Morgan fingerprint density at radius 1 is 1.12 bits per heavy atom. The molecule has 0 aliphatic carbocycles. The van der Waals surface area contributed by atoms with Crippen molar-refractivity contribution in [2.75, 3.05) is 26.2 Å². The van der Waals surface area contributed by atoms with E-state index in [0.717, 1.165) is 30.5 Å². The maximum Gasteiger partial charge on any atom is 0.328 e. The molecule has 0 radical (unpaired) electrons. The highest BCUT2D eigenvalue weighted by Gasteiger charge is 2.49. The molecule has 9 nitrogen and oxygen atoms in total. The number of hydrogen-bond acceptors (Lipinski definition) is 4. The average molecular weight is 477 g/mol. The first-order chi connectivity index (χ1) is 15.8. The number of halogens is 1. The van der Waals surface area contributed by atoms with Gasteiger partial charge < -0.3 is 20.5 Å². The van der Waals surface area contributed by atoms with Gasteiger partial charge in [-0.15, -0.1) is 0 Å². The fourth-order valence-corrected chi connectivity index (χ4v) is 5.52. The highest BCUT2D eigenvalue weighted by atomic mass is 35.5. The minimum absolute atomic E-state index is 0.0289. The minimum Gasteiger partial charge on any atom is -0.364 e. The van der Waals surface area contributed by atoms with E-state index in [2.05, 4.69) is 4.98 Å². The highest BCUT2D eigenvalue weighted by molar-refractivity contribution is 6.31. The molecule has 10 heteroatoms. The molecule has 1 aromatic carbocycles. The van der Waals surface area contributed by atoms with Crippen LogP contribution in [0.5, 0.6) is 0 Å². The third-order valence-electron chi connectivity index (χ3n) is 7.29. The lowest BCUT2D eigenvalue weighted by atomic mass is 9.83.